The van der Waals surface area contributed by atoms with E-state index in [9.17, 15) is 0 Å². The van der Waals surface area contributed by atoms with Crippen LogP contribution in [0.4, 0.5) is 0 Å². The predicted molar refractivity (Wildman–Crippen MR) is 43.5 cm³/mol. The Morgan fingerprint density at radius 3 is 2.50 bits per heavy atom. The van der Waals surface area contributed by atoms with E-state index in [1.165, 1.54) is 25.7 Å². The number of rotatable bonds is 3. The summed E-state index contributed by atoms with van der Waals surface area (Å²) in [6, 6.07) is 0.632. The number of hydrogen-bond donors (Lipinski definition) is 3. The summed E-state index contributed by atoms with van der Waals surface area (Å²) in [5.41, 5.74) is 2.54. The summed E-state index contributed by atoms with van der Waals surface area (Å²) in [7, 11) is 0. The van der Waals surface area contributed by atoms with Gasteiger partial charge in [-0.05, 0) is 0 Å². The van der Waals surface area contributed by atoms with Crippen molar-refractivity contribution in [2.45, 2.75) is 31.7 Å². The van der Waals surface area contributed by atoms with E-state index in [0.29, 0.717) is 6.04 Å². The molecule has 0 unspecified atom stereocenters. The molecule has 1 fully saturated rings. The Balaban J connectivity index is 2.17. The van der Waals surface area contributed by atoms with Gasteiger partial charge in [0, 0.05) is 0 Å². The number of hydrazine groups is 1. The fraction of sp³-hybridized carbons (Fsp3) is 0.833. The quantitative estimate of drug-likeness (QED) is 0.323. The Hall–Kier alpha value is -0.0505. The molecule has 1 rings (SSSR count). The van der Waals surface area contributed by atoms with Crippen LogP contribution in [-0.4, -0.2) is 26.3 Å². The summed E-state index contributed by atoms with van der Waals surface area (Å²) in [6.45, 7) is 0. The van der Waals surface area contributed by atoms with Crippen LogP contribution >= 0.6 is 0 Å². The minimum atomic E-state index is 0.632. The maximum absolute atomic E-state index is 5.17. The van der Waals surface area contributed by atoms with Crippen molar-refractivity contribution < 1.29 is 0 Å². The molecule has 0 bridgehead atoms. The van der Waals surface area contributed by atoms with Crippen molar-refractivity contribution in [3.8, 4) is 0 Å². The van der Waals surface area contributed by atoms with Gasteiger partial charge in [-0.3, -0.25) is 0 Å². The van der Waals surface area contributed by atoms with Gasteiger partial charge in [0.2, 0.25) is 0 Å². The molecule has 4 heteroatoms. The first-order chi connectivity index (χ1) is 4.83. The van der Waals surface area contributed by atoms with Crippen LogP contribution in [0.5, 0.6) is 0 Å². The predicted octanol–water partition coefficient (Wildman–Crippen LogP) is -0.762. The first kappa shape index (κ1) is 8.05. The molecular weight excluding hydrogens is 193 g/mol. The van der Waals surface area contributed by atoms with Gasteiger partial charge in [0.1, 0.15) is 0 Å². The van der Waals surface area contributed by atoms with Gasteiger partial charge in [-0.15, -0.1) is 0 Å². The van der Waals surface area contributed by atoms with Gasteiger partial charge in [-0.1, -0.05) is 0 Å². The second-order valence-electron chi connectivity index (χ2n) is 2.60. The SMILES string of the molecule is NNC(=[Se])NC1CCCC1. The van der Waals surface area contributed by atoms with Crippen LogP contribution in [0, 0.1) is 0 Å². The van der Waals surface area contributed by atoms with Gasteiger partial charge >= 0.3 is 68.6 Å². The first-order valence-corrected chi connectivity index (χ1v) is 4.45. The molecule has 58 valence electrons. The molecule has 0 heterocycles. The molecule has 1 saturated carbocycles. The van der Waals surface area contributed by atoms with E-state index in [1.807, 2.05) is 0 Å². The molecule has 10 heavy (non-hydrogen) atoms. The van der Waals surface area contributed by atoms with Gasteiger partial charge in [-0.25, -0.2) is 0 Å². The molecule has 0 aromatic rings. The van der Waals surface area contributed by atoms with Gasteiger partial charge in [0.05, 0.1) is 0 Å². The average molecular weight is 206 g/mol. The maximum atomic E-state index is 5.17. The molecule has 0 saturated heterocycles. The van der Waals surface area contributed by atoms with E-state index < -0.39 is 0 Å². The second-order valence-corrected chi connectivity index (χ2v) is 3.46. The molecule has 0 atom stereocenters. The summed E-state index contributed by atoms with van der Waals surface area (Å²) < 4.78 is 0.854. The summed E-state index contributed by atoms with van der Waals surface area (Å²) in [5.74, 6) is 5.17. The molecule has 0 spiro atoms. The van der Waals surface area contributed by atoms with E-state index in [-0.39, 0.29) is 0 Å². The fourth-order valence-electron chi connectivity index (χ4n) is 1.30. The van der Waals surface area contributed by atoms with Crippen LogP contribution in [0.2, 0.25) is 0 Å². The van der Waals surface area contributed by atoms with Crippen LogP contribution < -0.4 is 16.6 Å². The Labute approximate surface area is 69.1 Å². The number of nitrogens with two attached hydrogens (primary N) is 1. The molecule has 0 aliphatic heterocycles. The van der Waals surface area contributed by atoms with Crippen molar-refractivity contribution in [2.75, 3.05) is 0 Å². The van der Waals surface area contributed by atoms with Crippen molar-refractivity contribution in [3.05, 3.63) is 0 Å². The summed E-state index contributed by atoms with van der Waals surface area (Å²) in [5, 5.41) is 3.25. The fourth-order valence-corrected chi connectivity index (χ4v) is 1.65. The topological polar surface area (TPSA) is 50.1 Å². The first-order valence-electron chi connectivity index (χ1n) is 3.60. The average Bonchev–Trinajstić information content (AvgIpc) is 2.40. The molecular formula is C6H13N3Se. The standard InChI is InChI=1S/C6H13N3Se/c7-9-6(10)8-5-3-1-2-4-5/h5H,1-4,7H2,(H2,8,9,10). The summed E-state index contributed by atoms with van der Waals surface area (Å²) >= 11 is 2.82. The van der Waals surface area contributed by atoms with Gasteiger partial charge in [0.15, 0.2) is 0 Å². The van der Waals surface area contributed by atoms with Crippen molar-refractivity contribution in [3.63, 3.8) is 0 Å². The molecule has 0 amide bonds. The molecule has 1 aliphatic carbocycles. The van der Waals surface area contributed by atoms with E-state index in [1.54, 1.807) is 0 Å². The van der Waals surface area contributed by atoms with E-state index >= 15 is 0 Å². The third-order valence-electron chi connectivity index (χ3n) is 1.82. The number of hydrogen-bond acceptors (Lipinski definition) is 3. The Morgan fingerprint density at radius 1 is 1.40 bits per heavy atom. The molecule has 0 aromatic carbocycles. The molecule has 3 nitrogen and oxygen atoms in total. The second kappa shape index (κ2) is 3.96. The normalized spacial score (nSPS) is 18.9. The van der Waals surface area contributed by atoms with Crippen molar-refractivity contribution in [1.82, 2.24) is 10.7 Å². The number of nitrogens with one attached hydrogen (secondary N) is 2. The van der Waals surface area contributed by atoms with Gasteiger partial charge < -0.3 is 0 Å². The van der Waals surface area contributed by atoms with Crippen molar-refractivity contribution in [2.24, 2.45) is 5.84 Å². The summed E-state index contributed by atoms with van der Waals surface area (Å²) in [6.07, 6.45) is 5.23. The van der Waals surface area contributed by atoms with Crippen LogP contribution in [0.1, 0.15) is 25.7 Å². The molecule has 0 aromatic heterocycles. The van der Waals surface area contributed by atoms with Crippen LogP contribution in [0.3, 0.4) is 0 Å². The Bertz CT molecular complexity index is 120. The van der Waals surface area contributed by atoms with E-state index in [0.717, 1.165) is 4.67 Å². The van der Waals surface area contributed by atoms with Crippen LogP contribution in [-0.2, 0) is 0 Å². The third kappa shape index (κ3) is 2.29. The summed E-state index contributed by atoms with van der Waals surface area (Å²) in [4.78, 5) is 0. The monoisotopic (exact) mass is 207 g/mol. The minimum absolute atomic E-state index is 0.632. The zero-order valence-corrected chi connectivity index (χ0v) is 7.60. The Morgan fingerprint density at radius 2 is 2.00 bits per heavy atom. The van der Waals surface area contributed by atoms with Crippen molar-refractivity contribution >= 4 is 20.2 Å². The van der Waals surface area contributed by atoms with E-state index in [4.69, 9.17) is 5.84 Å². The van der Waals surface area contributed by atoms with Crippen molar-refractivity contribution in [1.29, 1.82) is 0 Å². The van der Waals surface area contributed by atoms with Crippen LogP contribution in [0.25, 0.3) is 0 Å². The van der Waals surface area contributed by atoms with E-state index in [2.05, 4.69) is 26.3 Å². The zero-order valence-electron chi connectivity index (χ0n) is 5.89. The van der Waals surface area contributed by atoms with Gasteiger partial charge in [-0.2, -0.15) is 0 Å². The Kier molecular flexibility index (Phi) is 3.19. The zero-order chi connectivity index (χ0) is 7.40. The van der Waals surface area contributed by atoms with Crippen LogP contribution in [0.15, 0.2) is 0 Å². The van der Waals surface area contributed by atoms with Gasteiger partial charge in [0.25, 0.3) is 0 Å². The molecule has 1 aliphatic rings. The molecule has 4 N–H and O–H groups in total. The molecule has 0 radical (unpaired) electrons. The third-order valence-corrected chi connectivity index (χ3v) is 2.32.